The monoisotopic (exact) mass is 754 g/mol. The Morgan fingerprint density at radius 1 is 0.815 bits per heavy atom. The molecule has 3 rings (SSSR count). The second-order valence-electron chi connectivity index (χ2n) is 13.5. The summed E-state index contributed by atoms with van der Waals surface area (Å²) >= 11 is 0. The van der Waals surface area contributed by atoms with Gasteiger partial charge in [0.25, 0.3) is 0 Å². The average molecular weight is 755 g/mol. The third-order valence-corrected chi connectivity index (χ3v) is 8.62. The number of aliphatic carboxylic acids is 1. The maximum atomic E-state index is 14.0. The number of carboxylic acids is 1. The summed E-state index contributed by atoms with van der Waals surface area (Å²) in [5.41, 5.74) is 6.64. The van der Waals surface area contributed by atoms with Crippen molar-refractivity contribution in [3.05, 3.63) is 71.8 Å². The topological polar surface area (TPSA) is 267 Å². The van der Waals surface area contributed by atoms with Crippen LogP contribution in [0.5, 0.6) is 0 Å². The van der Waals surface area contributed by atoms with Crippen LogP contribution in [0.2, 0.25) is 0 Å². The van der Waals surface area contributed by atoms with E-state index in [0.29, 0.717) is 17.5 Å². The van der Waals surface area contributed by atoms with Crippen LogP contribution in [0.3, 0.4) is 0 Å². The highest BCUT2D eigenvalue weighted by Crippen LogP contribution is 2.21. The lowest BCUT2D eigenvalue weighted by molar-refractivity contribution is -0.141. The smallest absolute Gasteiger partial charge is 0.407 e. The Bertz CT molecular complexity index is 1590. The van der Waals surface area contributed by atoms with Gasteiger partial charge in [-0.1, -0.05) is 74.5 Å². The van der Waals surface area contributed by atoms with Crippen molar-refractivity contribution in [1.82, 2.24) is 26.2 Å². The molecule has 6 atom stereocenters. The summed E-state index contributed by atoms with van der Waals surface area (Å²) in [5.74, 6) is -5.34. The number of likely N-dealkylation sites (tertiary alicyclic amines) is 1. The number of nitrogens with two attached hydrogens (primary N) is 1. The quantitative estimate of drug-likeness (QED) is 0.0844. The molecule has 0 unspecified atom stereocenters. The number of hydrogen-bond acceptors (Lipinski definition) is 10. The van der Waals surface area contributed by atoms with Crippen LogP contribution < -0.4 is 27.0 Å². The number of primary amides is 1. The normalized spacial score (nSPS) is 16.6. The van der Waals surface area contributed by atoms with Crippen molar-refractivity contribution in [2.45, 2.75) is 88.7 Å². The van der Waals surface area contributed by atoms with E-state index in [1.807, 2.05) is 13.8 Å². The van der Waals surface area contributed by atoms with E-state index in [2.05, 4.69) is 21.3 Å². The molecule has 0 aromatic heterocycles. The molecule has 17 heteroatoms. The Labute approximate surface area is 313 Å². The number of alkyl carbamates (subject to hydrolysis) is 1. The molecule has 6 amide bonds. The number of nitrogens with zero attached hydrogens (tertiary/aromatic N) is 1. The average Bonchev–Trinajstić information content (AvgIpc) is 3.63. The molecule has 17 nitrogen and oxygen atoms in total. The van der Waals surface area contributed by atoms with Crippen LogP contribution in [0.4, 0.5) is 4.79 Å². The van der Waals surface area contributed by atoms with E-state index in [1.165, 1.54) is 4.90 Å². The van der Waals surface area contributed by atoms with Crippen molar-refractivity contribution in [3.8, 4) is 0 Å². The molecule has 0 spiro atoms. The lowest BCUT2D eigenvalue weighted by Crippen LogP contribution is -2.59. The number of carboxylic acid groups (broad SMARTS) is 1. The first-order valence-corrected chi connectivity index (χ1v) is 17.7. The maximum absolute atomic E-state index is 14.0. The van der Waals surface area contributed by atoms with Crippen molar-refractivity contribution in [2.75, 3.05) is 19.8 Å². The van der Waals surface area contributed by atoms with Gasteiger partial charge in [-0.3, -0.25) is 28.8 Å². The van der Waals surface area contributed by atoms with Crippen LogP contribution in [0.25, 0.3) is 0 Å². The van der Waals surface area contributed by atoms with E-state index in [9.17, 15) is 43.8 Å². The number of ether oxygens (including phenoxy) is 1. The zero-order valence-electron chi connectivity index (χ0n) is 30.3. The fraction of sp³-hybridized carbons (Fsp3) is 0.486. The van der Waals surface area contributed by atoms with Crippen molar-refractivity contribution in [2.24, 2.45) is 11.7 Å². The SMILES string of the molecule is CC(C)C[C@H](NC(=O)OC[C@@H](O)CO)C(=O)N1CCC[C@H]1C(=O)N[C@@H](Cc1ccccc1)C(=O)N[C@@H](Cc1ccccc1)C(=O)N[C@@H](CC(=O)O)C(N)=O. The third-order valence-electron chi connectivity index (χ3n) is 8.62. The van der Waals surface area contributed by atoms with E-state index < -0.39 is 97.5 Å². The summed E-state index contributed by atoms with van der Waals surface area (Å²) < 4.78 is 4.93. The number of carbonyl (C=O) groups is 7. The third kappa shape index (κ3) is 13.8. The van der Waals surface area contributed by atoms with Crippen molar-refractivity contribution < 1.29 is 53.6 Å². The van der Waals surface area contributed by atoms with Crippen LogP contribution >= 0.6 is 0 Å². The molecule has 294 valence electrons. The predicted octanol–water partition coefficient (Wildman–Crippen LogP) is -0.629. The highest BCUT2D eigenvalue weighted by Gasteiger charge is 2.40. The minimum atomic E-state index is -1.56. The van der Waals surface area contributed by atoms with Crippen LogP contribution in [-0.2, 0) is 46.3 Å². The van der Waals surface area contributed by atoms with Crippen LogP contribution in [0, 0.1) is 5.92 Å². The van der Waals surface area contributed by atoms with Gasteiger partial charge in [0.05, 0.1) is 13.0 Å². The van der Waals surface area contributed by atoms with Gasteiger partial charge in [0.15, 0.2) is 0 Å². The van der Waals surface area contributed by atoms with Crippen molar-refractivity contribution in [1.29, 1.82) is 0 Å². The first kappa shape index (κ1) is 42.9. The minimum Gasteiger partial charge on any atom is -0.481 e. The second-order valence-corrected chi connectivity index (χ2v) is 13.5. The van der Waals surface area contributed by atoms with E-state index in [0.717, 1.165) is 0 Å². The molecule has 2 aromatic rings. The van der Waals surface area contributed by atoms with Crippen LogP contribution in [0.1, 0.15) is 50.7 Å². The predicted molar refractivity (Wildman–Crippen MR) is 193 cm³/mol. The summed E-state index contributed by atoms with van der Waals surface area (Å²) in [6.07, 6.45) is -2.21. The van der Waals surface area contributed by atoms with Gasteiger partial charge in [-0.15, -0.1) is 0 Å². The Morgan fingerprint density at radius 3 is 1.85 bits per heavy atom. The zero-order valence-corrected chi connectivity index (χ0v) is 30.3. The summed E-state index contributed by atoms with van der Waals surface area (Å²) in [6.45, 7) is 2.76. The molecule has 0 radical (unpaired) electrons. The molecule has 9 N–H and O–H groups in total. The summed E-state index contributed by atoms with van der Waals surface area (Å²) in [6, 6.07) is 11.2. The van der Waals surface area contributed by atoms with Gasteiger partial charge < -0.3 is 52.0 Å². The Hall–Kier alpha value is -5.55. The standard InChI is InChI=1S/C37H50N6O11/c1-22(2)16-29(42-37(53)54-21-25(45)20-44)36(52)43-15-9-14-30(43)35(51)41-28(18-24-12-7-4-8-13-24)34(50)40-27(17-23-10-5-3-6-11-23)33(49)39-26(32(38)48)19-31(46)47/h3-8,10-13,22,25-30,44-45H,9,14-21H2,1-2H3,(H2,38,48)(H,39,49)(H,40,50)(H,41,51)(H,42,53)(H,46,47)/t25-,26-,27-,28-,29-,30-/m0/s1. The number of rotatable bonds is 20. The number of carbonyl (C=O) groups excluding carboxylic acids is 6. The first-order chi connectivity index (χ1) is 25.7. The molecule has 1 aliphatic heterocycles. The molecular formula is C37H50N6O11. The number of benzene rings is 2. The molecule has 1 aliphatic rings. The number of amides is 6. The van der Waals surface area contributed by atoms with Gasteiger partial charge in [-0.25, -0.2) is 4.79 Å². The van der Waals surface area contributed by atoms with Crippen LogP contribution in [0.15, 0.2) is 60.7 Å². The number of aliphatic hydroxyl groups excluding tert-OH is 2. The molecular weight excluding hydrogens is 704 g/mol. The summed E-state index contributed by atoms with van der Waals surface area (Å²) in [7, 11) is 0. The highest BCUT2D eigenvalue weighted by atomic mass is 16.6. The molecule has 54 heavy (non-hydrogen) atoms. The number of nitrogens with one attached hydrogen (secondary N) is 4. The molecule has 0 saturated carbocycles. The molecule has 1 saturated heterocycles. The maximum Gasteiger partial charge on any atom is 0.407 e. The number of aliphatic hydroxyl groups is 2. The second kappa shape index (κ2) is 21.2. The van der Waals surface area contributed by atoms with Gasteiger partial charge >= 0.3 is 12.1 Å². The van der Waals surface area contributed by atoms with E-state index in [-0.39, 0.29) is 38.1 Å². The van der Waals surface area contributed by atoms with Gasteiger partial charge in [0.2, 0.25) is 29.5 Å². The molecule has 1 heterocycles. The minimum absolute atomic E-state index is 0.00918. The van der Waals surface area contributed by atoms with Gasteiger partial charge in [0.1, 0.15) is 42.9 Å². The summed E-state index contributed by atoms with van der Waals surface area (Å²) in [5, 5.41) is 38.0. The van der Waals surface area contributed by atoms with Gasteiger partial charge in [0, 0.05) is 19.4 Å². The highest BCUT2D eigenvalue weighted by molar-refractivity contribution is 5.97. The fourth-order valence-corrected chi connectivity index (χ4v) is 5.93. The van der Waals surface area contributed by atoms with Crippen molar-refractivity contribution in [3.63, 3.8) is 0 Å². The molecule has 0 bridgehead atoms. The molecule has 0 aliphatic carbocycles. The molecule has 1 fully saturated rings. The lowest BCUT2D eigenvalue weighted by atomic mass is 10.0. The van der Waals surface area contributed by atoms with E-state index in [4.69, 9.17) is 15.6 Å². The number of hydrogen-bond donors (Lipinski definition) is 8. The van der Waals surface area contributed by atoms with Gasteiger partial charge in [-0.05, 0) is 36.3 Å². The first-order valence-electron chi connectivity index (χ1n) is 17.7. The zero-order chi connectivity index (χ0) is 39.8. The lowest BCUT2D eigenvalue weighted by Gasteiger charge is -2.30. The molecule has 2 aromatic carbocycles. The van der Waals surface area contributed by atoms with E-state index >= 15 is 0 Å². The largest absolute Gasteiger partial charge is 0.481 e. The Kier molecular flexibility index (Phi) is 16.8. The van der Waals surface area contributed by atoms with Crippen molar-refractivity contribution >= 4 is 41.6 Å². The Morgan fingerprint density at radius 2 is 1.35 bits per heavy atom. The Balaban J connectivity index is 1.85. The fourth-order valence-electron chi connectivity index (χ4n) is 5.93. The van der Waals surface area contributed by atoms with Crippen LogP contribution in [-0.4, -0.2) is 118 Å². The van der Waals surface area contributed by atoms with Gasteiger partial charge in [-0.2, -0.15) is 0 Å². The summed E-state index contributed by atoms with van der Waals surface area (Å²) in [4.78, 5) is 92.4. The van der Waals surface area contributed by atoms with E-state index in [1.54, 1.807) is 60.7 Å².